The van der Waals surface area contributed by atoms with E-state index < -0.39 is 0 Å². The number of benzene rings is 1. The number of hydrogen-bond acceptors (Lipinski definition) is 3. The van der Waals surface area contributed by atoms with Crippen molar-refractivity contribution in [1.82, 2.24) is 10.6 Å². The van der Waals surface area contributed by atoms with Crippen LogP contribution in [0.5, 0.6) is 5.75 Å². The first-order chi connectivity index (χ1) is 10.3. The second kappa shape index (κ2) is 10.4. The van der Waals surface area contributed by atoms with Gasteiger partial charge in [-0.3, -0.25) is 4.99 Å². The summed E-state index contributed by atoms with van der Waals surface area (Å²) in [4.78, 5) is 4.21. The van der Waals surface area contributed by atoms with Gasteiger partial charge in [-0.05, 0) is 41.4 Å². The Morgan fingerprint density at radius 2 is 2.00 bits per heavy atom. The third-order valence-corrected chi connectivity index (χ3v) is 3.63. The molecule has 4 nitrogen and oxygen atoms in total. The highest BCUT2D eigenvalue weighted by Crippen LogP contribution is 2.10. The normalized spacial score (nSPS) is 12.2. The van der Waals surface area contributed by atoms with Crippen molar-refractivity contribution in [3.8, 4) is 5.75 Å². The summed E-state index contributed by atoms with van der Waals surface area (Å²) in [6.07, 6.45) is 0.0621. The standard InChI is InChI=1S/C16H21N3OS.HI/c1-13(20-15-6-4-3-5-7-15)10-18-16(17-2)19-11-14-8-9-21-12-14;/h3-9,12-13H,10-11H2,1-2H3,(H2,17,18,19);1H. The third kappa shape index (κ3) is 6.65. The van der Waals surface area contributed by atoms with Crippen molar-refractivity contribution in [2.45, 2.75) is 19.6 Å². The predicted octanol–water partition coefficient (Wildman–Crippen LogP) is 3.50. The number of rotatable bonds is 6. The van der Waals surface area contributed by atoms with Crippen LogP contribution in [0.25, 0.3) is 0 Å². The van der Waals surface area contributed by atoms with E-state index in [0.29, 0.717) is 6.54 Å². The fraction of sp³-hybridized carbons (Fsp3) is 0.312. The molecule has 0 fully saturated rings. The quantitative estimate of drug-likeness (QED) is 0.418. The molecule has 2 aromatic rings. The monoisotopic (exact) mass is 431 g/mol. The Labute approximate surface area is 153 Å². The van der Waals surface area contributed by atoms with E-state index in [2.05, 4.69) is 32.5 Å². The van der Waals surface area contributed by atoms with Crippen LogP contribution in [-0.4, -0.2) is 25.7 Å². The van der Waals surface area contributed by atoms with Gasteiger partial charge in [-0.25, -0.2) is 0 Å². The molecule has 2 N–H and O–H groups in total. The highest BCUT2D eigenvalue weighted by molar-refractivity contribution is 14.0. The molecular formula is C16H22IN3OS. The van der Waals surface area contributed by atoms with E-state index in [1.165, 1.54) is 5.56 Å². The number of hydrogen-bond donors (Lipinski definition) is 2. The van der Waals surface area contributed by atoms with Crippen molar-refractivity contribution >= 4 is 41.3 Å². The summed E-state index contributed by atoms with van der Waals surface area (Å²) in [5, 5.41) is 10.7. The van der Waals surface area contributed by atoms with Crippen molar-refractivity contribution < 1.29 is 4.74 Å². The maximum atomic E-state index is 5.82. The van der Waals surface area contributed by atoms with E-state index >= 15 is 0 Å². The minimum Gasteiger partial charge on any atom is -0.489 e. The number of ether oxygens (including phenoxy) is 1. The van der Waals surface area contributed by atoms with Gasteiger partial charge in [-0.15, -0.1) is 24.0 Å². The minimum atomic E-state index is 0. The molecule has 0 saturated heterocycles. The van der Waals surface area contributed by atoms with Crippen LogP contribution >= 0.6 is 35.3 Å². The summed E-state index contributed by atoms with van der Waals surface area (Å²) in [6.45, 7) is 3.50. The van der Waals surface area contributed by atoms with E-state index in [1.807, 2.05) is 37.3 Å². The predicted molar refractivity (Wildman–Crippen MR) is 104 cm³/mol. The molecule has 0 amide bonds. The van der Waals surface area contributed by atoms with Gasteiger partial charge in [0.15, 0.2) is 5.96 Å². The molecule has 0 saturated carbocycles. The lowest BCUT2D eigenvalue weighted by molar-refractivity contribution is 0.224. The zero-order valence-corrected chi connectivity index (χ0v) is 15.9. The Kier molecular flexibility index (Phi) is 8.91. The van der Waals surface area contributed by atoms with Crippen LogP contribution in [0.2, 0.25) is 0 Å². The zero-order chi connectivity index (χ0) is 14.9. The molecule has 0 aliphatic heterocycles. The van der Waals surface area contributed by atoms with Gasteiger partial charge in [-0.1, -0.05) is 18.2 Å². The molecule has 1 aromatic carbocycles. The molecular weight excluding hydrogens is 409 g/mol. The van der Waals surface area contributed by atoms with Crippen molar-refractivity contribution in [2.24, 2.45) is 4.99 Å². The number of thiophene rings is 1. The molecule has 1 atom stereocenters. The van der Waals surface area contributed by atoms with Gasteiger partial charge in [0.1, 0.15) is 11.9 Å². The van der Waals surface area contributed by atoms with Gasteiger partial charge >= 0.3 is 0 Å². The van der Waals surface area contributed by atoms with Crippen molar-refractivity contribution in [1.29, 1.82) is 0 Å². The Bertz CT molecular complexity index is 546. The van der Waals surface area contributed by atoms with E-state index in [-0.39, 0.29) is 30.1 Å². The van der Waals surface area contributed by atoms with Crippen LogP contribution in [0.1, 0.15) is 12.5 Å². The number of nitrogens with zero attached hydrogens (tertiary/aromatic N) is 1. The van der Waals surface area contributed by atoms with Gasteiger partial charge in [0.2, 0.25) is 0 Å². The lowest BCUT2D eigenvalue weighted by atomic mass is 10.3. The van der Waals surface area contributed by atoms with Crippen molar-refractivity contribution in [3.63, 3.8) is 0 Å². The number of aliphatic imine (C=N–C) groups is 1. The number of halogens is 1. The first kappa shape index (κ1) is 18.8. The van der Waals surface area contributed by atoms with Gasteiger partial charge in [0.05, 0.1) is 6.54 Å². The van der Waals surface area contributed by atoms with Crippen LogP contribution in [0, 0.1) is 0 Å². The largest absolute Gasteiger partial charge is 0.489 e. The van der Waals surface area contributed by atoms with Crippen LogP contribution in [0.15, 0.2) is 52.2 Å². The second-order valence-corrected chi connectivity index (χ2v) is 5.46. The van der Waals surface area contributed by atoms with E-state index in [0.717, 1.165) is 18.3 Å². The average Bonchev–Trinajstić information content (AvgIpc) is 3.02. The molecule has 6 heteroatoms. The van der Waals surface area contributed by atoms with E-state index in [1.54, 1.807) is 18.4 Å². The van der Waals surface area contributed by atoms with Crippen LogP contribution in [0.4, 0.5) is 0 Å². The molecule has 0 aliphatic rings. The second-order valence-electron chi connectivity index (χ2n) is 4.68. The molecule has 0 bridgehead atoms. The SMILES string of the molecule is CN=C(NCc1ccsc1)NCC(C)Oc1ccccc1.I. The molecule has 0 aliphatic carbocycles. The smallest absolute Gasteiger partial charge is 0.191 e. The molecule has 0 spiro atoms. The first-order valence-electron chi connectivity index (χ1n) is 6.95. The van der Waals surface area contributed by atoms with E-state index in [4.69, 9.17) is 4.74 Å². The molecule has 0 radical (unpaired) electrons. The van der Waals surface area contributed by atoms with Crippen molar-refractivity contribution in [2.75, 3.05) is 13.6 Å². The maximum Gasteiger partial charge on any atom is 0.191 e. The Hall–Kier alpha value is -1.28. The fourth-order valence-corrected chi connectivity index (χ4v) is 2.48. The third-order valence-electron chi connectivity index (χ3n) is 2.90. The molecule has 1 unspecified atom stereocenters. The summed E-state index contributed by atoms with van der Waals surface area (Å²) in [5.74, 6) is 1.66. The van der Waals surface area contributed by atoms with Gasteiger partial charge < -0.3 is 15.4 Å². The fourth-order valence-electron chi connectivity index (χ4n) is 1.81. The molecule has 1 aromatic heterocycles. The Balaban J connectivity index is 0.00000242. The first-order valence-corrected chi connectivity index (χ1v) is 7.89. The topological polar surface area (TPSA) is 45.7 Å². The molecule has 120 valence electrons. The summed E-state index contributed by atoms with van der Waals surface area (Å²) in [6, 6.07) is 11.9. The van der Waals surface area contributed by atoms with E-state index in [9.17, 15) is 0 Å². The Morgan fingerprint density at radius 3 is 2.64 bits per heavy atom. The average molecular weight is 431 g/mol. The van der Waals surface area contributed by atoms with Crippen molar-refractivity contribution in [3.05, 3.63) is 52.7 Å². The summed E-state index contributed by atoms with van der Waals surface area (Å²) in [5.41, 5.74) is 1.26. The van der Waals surface area contributed by atoms with Crippen LogP contribution < -0.4 is 15.4 Å². The summed E-state index contributed by atoms with van der Waals surface area (Å²) >= 11 is 1.70. The number of nitrogens with one attached hydrogen (secondary N) is 2. The maximum absolute atomic E-state index is 5.82. The van der Waals surface area contributed by atoms with Crippen LogP contribution in [0.3, 0.4) is 0 Å². The Morgan fingerprint density at radius 1 is 1.23 bits per heavy atom. The highest BCUT2D eigenvalue weighted by atomic mass is 127. The summed E-state index contributed by atoms with van der Waals surface area (Å²) in [7, 11) is 1.77. The minimum absolute atomic E-state index is 0. The molecule has 2 rings (SSSR count). The van der Waals surface area contributed by atoms with Gasteiger partial charge in [-0.2, -0.15) is 11.3 Å². The summed E-state index contributed by atoms with van der Waals surface area (Å²) < 4.78 is 5.82. The highest BCUT2D eigenvalue weighted by Gasteiger charge is 2.05. The zero-order valence-electron chi connectivity index (χ0n) is 12.8. The molecule has 22 heavy (non-hydrogen) atoms. The van der Waals surface area contributed by atoms with Crippen LogP contribution in [-0.2, 0) is 6.54 Å². The number of para-hydroxylation sites is 1. The lowest BCUT2D eigenvalue weighted by Gasteiger charge is -2.17. The van der Waals surface area contributed by atoms with Gasteiger partial charge in [0.25, 0.3) is 0 Å². The molecule has 1 heterocycles. The van der Waals surface area contributed by atoms with Gasteiger partial charge in [0, 0.05) is 13.6 Å². The lowest BCUT2D eigenvalue weighted by Crippen LogP contribution is -2.41. The number of guanidine groups is 1.